The van der Waals surface area contributed by atoms with Crippen LogP contribution >= 0.6 is 11.6 Å². The maximum Gasteiger partial charge on any atom is 0.227 e. The quantitative estimate of drug-likeness (QED) is 0.858. The Balaban J connectivity index is 2.16. The maximum absolute atomic E-state index is 12.4. The van der Waals surface area contributed by atoms with E-state index in [0.29, 0.717) is 11.4 Å². The maximum atomic E-state index is 12.4. The lowest BCUT2D eigenvalue weighted by Crippen LogP contribution is -2.33. The largest absolute Gasteiger partial charge is 0.361 e. The molecule has 1 heterocycles. The van der Waals surface area contributed by atoms with Crippen LogP contribution in [0.25, 0.3) is 10.9 Å². The number of rotatable bonds is 6. The Labute approximate surface area is 124 Å². The highest BCUT2D eigenvalue weighted by Gasteiger charge is 2.14. The molecule has 0 bridgehead atoms. The fourth-order valence-corrected chi connectivity index (χ4v) is 2.65. The van der Waals surface area contributed by atoms with E-state index in [-0.39, 0.29) is 5.91 Å². The topological polar surface area (TPSA) is 36.1 Å². The molecule has 4 heteroatoms. The number of aromatic nitrogens is 1. The molecule has 2 aromatic rings. The molecular weight excluding hydrogens is 272 g/mol. The molecule has 0 saturated heterocycles. The molecule has 0 radical (unpaired) electrons. The van der Waals surface area contributed by atoms with E-state index in [1.54, 1.807) is 0 Å². The molecule has 1 N–H and O–H groups in total. The van der Waals surface area contributed by atoms with Gasteiger partial charge in [-0.25, -0.2) is 0 Å². The predicted octanol–water partition coefficient (Wildman–Crippen LogP) is 4.01. The van der Waals surface area contributed by atoms with Crippen molar-refractivity contribution in [3.63, 3.8) is 0 Å². The zero-order chi connectivity index (χ0) is 14.5. The number of hydrogen-bond acceptors (Lipinski definition) is 1. The molecule has 0 aliphatic carbocycles. The number of carbonyl (C=O) groups excluding carboxylic acids is 1. The van der Waals surface area contributed by atoms with Crippen molar-refractivity contribution in [2.24, 2.45) is 0 Å². The van der Waals surface area contributed by atoms with Gasteiger partial charge in [0.1, 0.15) is 0 Å². The fourth-order valence-electron chi connectivity index (χ4n) is 2.48. The molecule has 0 atom stereocenters. The monoisotopic (exact) mass is 292 g/mol. The smallest absolute Gasteiger partial charge is 0.227 e. The van der Waals surface area contributed by atoms with Gasteiger partial charge in [-0.3, -0.25) is 4.79 Å². The summed E-state index contributed by atoms with van der Waals surface area (Å²) in [5.41, 5.74) is 2.02. The molecule has 1 aromatic carbocycles. The molecule has 20 heavy (non-hydrogen) atoms. The van der Waals surface area contributed by atoms with Crippen molar-refractivity contribution in [1.82, 2.24) is 9.88 Å². The summed E-state index contributed by atoms with van der Waals surface area (Å²) in [6, 6.07) is 5.73. The normalized spacial score (nSPS) is 10.9. The molecule has 0 saturated carbocycles. The van der Waals surface area contributed by atoms with Crippen LogP contribution in [0.2, 0.25) is 5.02 Å². The molecular formula is C16H21ClN2O. The second-order valence-electron chi connectivity index (χ2n) is 5.06. The molecule has 2 rings (SSSR count). The number of nitrogens with one attached hydrogen (secondary N) is 1. The summed E-state index contributed by atoms with van der Waals surface area (Å²) >= 11 is 5.97. The lowest BCUT2D eigenvalue weighted by Gasteiger charge is -2.21. The van der Waals surface area contributed by atoms with E-state index in [9.17, 15) is 4.79 Å². The minimum absolute atomic E-state index is 0.199. The summed E-state index contributed by atoms with van der Waals surface area (Å²) in [4.78, 5) is 17.5. The number of H-pyrrole nitrogens is 1. The highest BCUT2D eigenvalue weighted by atomic mass is 35.5. The average molecular weight is 293 g/mol. The van der Waals surface area contributed by atoms with E-state index in [0.717, 1.165) is 42.4 Å². The summed E-state index contributed by atoms with van der Waals surface area (Å²) in [5, 5.41) is 1.78. The second kappa shape index (κ2) is 6.80. The first-order chi connectivity index (χ1) is 9.65. The Bertz CT molecular complexity index is 585. The van der Waals surface area contributed by atoms with Crippen LogP contribution in [0.3, 0.4) is 0 Å². The molecule has 0 aliphatic heterocycles. The van der Waals surface area contributed by atoms with Crippen molar-refractivity contribution in [2.75, 3.05) is 13.1 Å². The van der Waals surface area contributed by atoms with Crippen molar-refractivity contribution in [3.05, 3.63) is 35.0 Å². The minimum Gasteiger partial charge on any atom is -0.361 e. The predicted molar refractivity (Wildman–Crippen MR) is 84.2 cm³/mol. The fraction of sp³-hybridized carbons (Fsp3) is 0.438. The van der Waals surface area contributed by atoms with E-state index >= 15 is 0 Å². The zero-order valence-corrected chi connectivity index (χ0v) is 12.8. The van der Waals surface area contributed by atoms with Crippen molar-refractivity contribution >= 4 is 28.4 Å². The summed E-state index contributed by atoms with van der Waals surface area (Å²) in [5.74, 6) is 0.199. The zero-order valence-electron chi connectivity index (χ0n) is 12.1. The lowest BCUT2D eigenvalue weighted by atomic mass is 10.1. The van der Waals surface area contributed by atoms with Gasteiger partial charge in [0, 0.05) is 35.2 Å². The SMILES string of the molecule is CCCN(CCC)C(=O)Cc1c[nH]c2cc(Cl)ccc12. The Morgan fingerprint density at radius 3 is 2.60 bits per heavy atom. The Kier molecular flexibility index (Phi) is 5.07. The van der Waals surface area contributed by atoms with Crippen molar-refractivity contribution in [2.45, 2.75) is 33.1 Å². The van der Waals surface area contributed by atoms with Crippen molar-refractivity contribution in [3.8, 4) is 0 Å². The number of amides is 1. The summed E-state index contributed by atoms with van der Waals surface area (Å²) in [6.45, 7) is 5.87. The van der Waals surface area contributed by atoms with Gasteiger partial charge in [-0.05, 0) is 30.5 Å². The summed E-state index contributed by atoms with van der Waals surface area (Å²) < 4.78 is 0. The third-order valence-electron chi connectivity index (χ3n) is 3.41. The van der Waals surface area contributed by atoms with Crippen LogP contribution in [0.4, 0.5) is 0 Å². The van der Waals surface area contributed by atoms with E-state index in [1.807, 2.05) is 29.3 Å². The third-order valence-corrected chi connectivity index (χ3v) is 3.65. The van der Waals surface area contributed by atoms with Crippen molar-refractivity contribution in [1.29, 1.82) is 0 Å². The highest BCUT2D eigenvalue weighted by molar-refractivity contribution is 6.31. The molecule has 0 fully saturated rings. The molecule has 3 nitrogen and oxygen atoms in total. The first-order valence-corrected chi connectivity index (χ1v) is 7.56. The van der Waals surface area contributed by atoms with Gasteiger partial charge in [-0.1, -0.05) is 31.5 Å². The Morgan fingerprint density at radius 2 is 1.95 bits per heavy atom. The number of benzene rings is 1. The molecule has 0 spiro atoms. The molecule has 1 amide bonds. The molecule has 108 valence electrons. The van der Waals surface area contributed by atoms with Crippen molar-refractivity contribution < 1.29 is 4.79 Å². The number of fused-ring (bicyclic) bond motifs is 1. The van der Waals surface area contributed by atoms with Crippen LogP contribution in [0, 0.1) is 0 Å². The Morgan fingerprint density at radius 1 is 1.25 bits per heavy atom. The number of halogens is 1. The lowest BCUT2D eigenvalue weighted by molar-refractivity contribution is -0.130. The second-order valence-corrected chi connectivity index (χ2v) is 5.50. The van der Waals surface area contributed by atoms with E-state index < -0.39 is 0 Å². The Hall–Kier alpha value is -1.48. The van der Waals surface area contributed by atoms with Gasteiger partial charge >= 0.3 is 0 Å². The van der Waals surface area contributed by atoms with Crippen LogP contribution in [-0.2, 0) is 11.2 Å². The summed E-state index contributed by atoms with van der Waals surface area (Å²) in [6.07, 6.45) is 4.35. The third kappa shape index (κ3) is 3.34. The standard InChI is InChI=1S/C16H21ClN2O/c1-3-7-19(8-4-2)16(20)9-12-11-18-15-10-13(17)5-6-14(12)15/h5-6,10-11,18H,3-4,7-9H2,1-2H3. The van der Waals surface area contributed by atoms with Gasteiger partial charge in [-0.15, -0.1) is 0 Å². The van der Waals surface area contributed by atoms with Crippen LogP contribution in [0.5, 0.6) is 0 Å². The highest BCUT2D eigenvalue weighted by Crippen LogP contribution is 2.22. The average Bonchev–Trinajstić information content (AvgIpc) is 2.80. The minimum atomic E-state index is 0.199. The van der Waals surface area contributed by atoms with Crippen LogP contribution in [0.1, 0.15) is 32.3 Å². The summed E-state index contributed by atoms with van der Waals surface area (Å²) in [7, 11) is 0. The van der Waals surface area contributed by atoms with E-state index in [4.69, 9.17) is 11.6 Å². The van der Waals surface area contributed by atoms with Gasteiger partial charge in [0.25, 0.3) is 0 Å². The van der Waals surface area contributed by atoms with Gasteiger partial charge in [-0.2, -0.15) is 0 Å². The van der Waals surface area contributed by atoms with Crippen LogP contribution in [-0.4, -0.2) is 28.9 Å². The van der Waals surface area contributed by atoms with Gasteiger partial charge in [0.05, 0.1) is 6.42 Å². The first kappa shape index (κ1) is 14.9. The molecule has 0 aliphatic rings. The molecule has 0 unspecified atom stereocenters. The van der Waals surface area contributed by atoms with Gasteiger partial charge in [0.15, 0.2) is 0 Å². The first-order valence-electron chi connectivity index (χ1n) is 7.19. The number of aromatic amines is 1. The molecule has 1 aromatic heterocycles. The van der Waals surface area contributed by atoms with E-state index in [2.05, 4.69) is 18.8 Å². The number of nitrogens with zero attached hydrogens (tertiary/aromatic N) is 1. The van der Waals surface area contributed by atoms with Crippen LogP contribution < -0.4 is 0 Å². The van der Waals surface area contributed by atoms with E-state index in [1.165, 1.54) is 0 Å². The van der Waals surface area contributed by atoms with Gasteiger partial charge < -0.3 is 9.88 Å². The van der Waals surface area contributed by atoms with Crippen LogP contribution in [0.15, 0.2) is 24.4 Å². The number of hydrogen-bond donors (Lipinski definition) is 1. The van der Waals surface area contributed by atoms with Gasteiger partial charge in [0.2, 0.25) is 5.91 Å². The number of carbonyl (C=O) groups is 1.